The number of anilines is 1. The zero-order chi connectivity index (χ0) is 20.8. The number of ether oxygens (including phenoxy) is 1. The number of hydrogen-bond acceptors (Lipinski definition) is 7. The SMILES string of the molecule is CCn1c(COc2ccc(Cl)cc2C)nnc1SCC(=O)Nc1sccc1C#N. The van der Waals surface area contributed by atoms with E-state index < -0.39 is 0 Å². The van der Waals surface area contributed by atoms with Gasteiger partial charge in [0.25, 0.3) is 0 Å². The van der Waals surface area contributed by atoms with Crippen LogP contribution in [0.15, 0.2) is 34.8 Å². The Labute approximate surface area is 181 Å². The maximum absolute atomic E-state index is 12.2. The lowest BCUT2D eigenvalue weighted by Crippen LogP contribution is -2.14. The molecule has 150 valence electrons. The number of aromatic nitrogens is 3. The molecule has 0 atom stereocenters. The summed E-state index contributed by atoms with van der Waals surface area (Å²) in [7, 11) is 0. The van der Waals surface area contributed by atoms with Crippen LogP contribution in [0.1, 0.15) is 23.9 Å². The van der Waals surface area contributed by atoms with Crippen molar-refractivity contribution < 1.29 is 9.53 Å². The van der Waals surface area contributed by atoms with E-state index in [1.807, 2.05) is 30.5 Å². The number of nitrogens with zero attached hydrogens (tertiary/aromatic N) is 4. The van der Waals surface area contributed by atoms with Gasteiger partial charge in [-0.3, -0.25) is 4.79 Å². The van der Waals surface area contributed by atoms with Crippen molar-refractivity contribution >= 4 is 45.6 Å². The second-order valence-electron chi connectivity index (χ2n) is 5.95. The molecule has 0 aliphatic heterocycles. The number of amides is 1. The van der Waals surface area contributed by atoms with Gasteiger partial charge in [-0.05, 0) is 49.1 Å². The first-order valence-corrected chi connectivity index (χ1v) is 11.0. The lowest BCUT2D eigenvalue weighted by Gasteiger charge is -2.10. The highest BCUT2D eigenvalue weighted by Crippen LogP contribution is 2.25. The number of carbonyl (C=O) groups is 1. The van der Waals surface area contributed by atoms with Crippen LogP contribution < -0.4 is 10.1 Å². The van der Waals surface area contributed by atoms with Gasteiger partial charge in [0.1, 0.15) is 23.4 Å². The number of halogens is 1. The second kappa shape index (κ2) is 9.78. The first-order chi connectivity index (χ1) is 14.0. The minimum Gasteiger partial charge on any atom is -0.485 e. The third-order valence-corrected chi connectivity index (χ3v) is 6.01. The molecule has 1 amide bonds. The number of thioether (sulfide) groups is 1. The molecule has 29 heavy (non-hydrogen) atoms. The van der Waals surface area contributed by atoms with Gasteiger partial charge in [0.2, 0.25) is 5.91 Å². The Kier molecular flexibility index (Phi) is 7.14. The van der Waals surface area contributed by atoms with Crippen molar-refractivity contribution in [2.45, 2.75) is 32.2 Å². The van der Waals surface area contributed by atoms with Crippen molar-refractivity contribution in [2.75, 3.05) is 11.1 Å². The molecule has 3 rings (SSSR count). The molecule has 1 N–H and O–H groups in total. The van der Waals surface area contributed by atoms with Crippen LogP contribution in [0.5, 0.6) is 5.75 Å². The zero-order valence-corrected chi connectivity index (χ0v) is 18.2. The van der Waals surface area contributed by atoms with E-state index in [9.17, 15) is 4.79 Å². The molecule has 0 radical (unpaired) electrons. The van der Waals surface area contributed by atoms with Gasteiger partial charge in [-0.15, -0.1) is 21.5 Å². The molecule has 10 heteroatoms. The number of rotatable bonds is 8. The Hall–Kier alpha value is -2.54. The number of benzene rings is 1. The Morgan fingerprint density at radius 2 is 2.24 bits per heavy atom. The van der Waals surface area contributed by atoms with Gasteiger partial charge >= 0.3 is 0 Å². The highest BCUT2D eigenvalue weighted by Gasteiger charge is 2.15. The molecule has 0 saturated carbocycles. The summed E-state index contributed by atoms with van der Waals surface area (Å²) in [6.07, 6.45) is 0. The molecule has 0 spiro atoms. The molecule has 0 unspecified atom stereocenters. The first kappa shape index (κ1) is 21.2. The fourth-order valence-corrected chi connectivity index (χ4v) is 4.36. The summed E-state index contributed by atoms with van der Waals surface area (Å²) in [6.45, 7) is 4.82. The molecule has 2 heterocycles. The summed E-state index contributed by atoms with van der Waals surface area (Å²) in [5, 5.41) is 23.8. The highest BCUT2D eigenvalue weighted by molar-refractivity contribution is 7.99. The third-order valence-electron chi connectivity index (χ3n) is 3.97. The van der Waals surface area contributed by atoms with Crippen molar-refractivity contribution in [1.82, 2.24) is 14.8 Å². The van der Waals surface area contributed by atoms with E-state index in [4.69, 9.17) is 21.6 Å². The van der Waals surface area contributed by atoms with Crippen LogP contribution in [-0.2, 0) is 17.9 Å². The van der Waals surface area contributed by atoms with E-state index in [-0.39, 0.29) is 18.3 Å². The monoisotopic (exact) mass is 447 g/mol. The van der Waals surface area contributed by atoms with Crippen LogP contribution in [-0.4, -0.2) is 26.4 Å². The van der Waals surface area contributed by atoms with Crippen molar-refractivity contribution in [3.63, 3.8) is 0 Å². The van der Waals surface area contributed by atoms with E-state index in [2.05, 4.69) is 21.6 Å². The maximum Gasteiger partial charge on any atom is 0.235 e. The lowest BCUT2D eigenvalue weighted by atomic mass is 10.2. The van der Waals surface area contributed by atoms with E-state index in [0.29, 0.717) is 33.1 Å². The quantitative estimate of drug-likeness (QED) is 0.511. The Morgan fingerprint density at radius 1 is 1.41 bits per heavy atom. The number of hydrogen-bond donors (Lipinski definition) is 1. The van der Waals surface area contributed by atoms with Crippen molar-refractivity contribution in [1.29, 1.82) is 5.26 Å². The smallest absolute Gasteiger partial charge is 0.235 e. The minimum atomic E-state index is -0.200. The summed E-state index contributed by atoms with van der Waals surface area (Å²) in [4.78, 5) is 12.2. The third kappa shape index (κ3) is 5.29. The van der Waals surface area contributed by atoms with E-state index in [1.165, 1.54) is 23.1 Å². The zero-order valence-electron chi connectivity index (χ0n) is 15.8. The molecule has 0 fully saturated rings. The predicted molar refractivity (Wildman–Crippen MR) is 115 cm³/mol. The average Bonchev–Trinajstić information content (AvgIpc) is 3.31. The lowest BCUT2D eigenvalue weighted by molar-refractivity contribution is -0.113. The van der Waals surface area contributed by atoms with Gasteiger partial charge in [-0.25, -0.2) is 0 Å². The molecule has 0 aliphatic carbocycles. The van der Waals surface area contributed by atoms with Crippen LogP contribution >= 0.6 is 34.7 Å². The first-order valence-electron chi connectivity index (χ1n) is 8.73. The molecular formula is C19H18ClN5O2S2. The topological polar surface area (TPSA) is 92.8 Å². The van der Waals surface area contributed by atoms with Crippen LogP contribution in [0.3, 0.4) is 0 Å². The number of aryl methyl sites for hydroxylation is 1. The van der Waals surface area contributed by atoms with Crippen LogP contribution in [0.4, 0.5) is 5.00 Å². The minimum absolute atomic E-state index is 0.165. The number of carbonyl (C=O) groups excluding carboxylic acids is 1. The number of nitriles is 1. The average molecular weight is 448 g/mol. The highest BCUT2D eigenvalue weighted by atomic mass is 35.5. The second-order valence-corrected chi connectivity index (χ2v) is 8.25. The van der Waals surface area contributed by atoms with Crippen molar-refractivity contribution in [3.05, 3.63) is 51.6 Å². The molecule has 1 aromatic carbocycles. The Balaban J connectivity index is 1.60. The standard InChI is InChI=1S/C19H18ClN5O2S2/c1-3-25-16(10-27-15-5-4-14(20)8-12(15)2)23-24-19(25)29-11-17(26)22-18-13(9-21)6-7-28-18/h4-8H,3,10-11H2,1-2H3,(H,22,26). The van der Waals surface area contributed by atoms with Gasteiger partial charge in [0.05, 0.1) is 11.3 Å². The molecular weight excluding hydrogens is 430 g/mol. The number of thiophene rings is 1. The summed E-state index contributed by atoms with van der Waals surface area (Å²) < 4.78 is 7.77. The van der Waals surface area contributed by atoms with Gasteiger partial charge in [-0.2, -0.15) is 5.26 Å². The molecule has 0 aliphatic rings. The summed E-state index contributed by atoms with van der Waals surface area (Å²) in [5.41, 5.74) is 1.40. The van der Waals surface area contributed by atoms with E-state index in [0.717, 1.165) is 11.3 Å². The molecule has 2 aromatic heterocycles. The molecule has 0 saturated heterocycles. The molecule has 3 aromatic rings. The Bertz CT molecular complexity index is 1060. The van der Waals surface area contributed by atoms with Gasteiger partial charge in [-0.1, -0.05) is 23.4 Å². The van der Waals surface area contributed by atoms with Crippen molar-refractivity contribution in [3.8, 4) is 11.8 Å². The van der Waals surface area contributed by atoms with Crippen LogP contribution in [0.2, 0.25) is 5.02 Å². The van der Waals surface area contributed by atoms with Crippen LogP contribution in [0, 0.1) is 18.3 Å². The largest absolute Gasteiger partial charge is 0.485 e. The summed E-state index contributed by atoms with van der Waals surface area (Å²) in [5.74, 6) is 1.37. The van der Waals surface area contributed by atoms with Gasteiger partial charge in [0.15, 0.2) is 11.0 Å². The number of nitrogens with one attached hydrogen (secondary N) is 1. The van der Waals surface area contributed by atoms with Crippen molar-refractivity contribution in [2.24, 2.45) is 0 Å². The van der Waals surface area contributed by atoms with E-state index in [1.54, 1.807) is 17.5 Å². The predicted octanol–water partition coefficient (Wildman–Crippen LogP) is 4.50. The maximum atomic E-state index is 12.2. The fourth-order valence-electron chi connectivity index (χ4n) is 2.55. The van der Waals surface area contributed by atoms with Gasteiger partial charge in [0, 0.05) is 11.6 Å². The molecule has 0 bridgehead atoms. The van der Waals surface area contributed by atoms with Gasteiger partial charge < -0.3 is 14.6 Å². The van der Waals surface area contributed by atoms with Crippen LogP contribution in [0.25, 0.3) is 0 Å². The summed E-state index contributed by atoms with van der Waals surface area (Å²) >= 11 is 8.58. The molecule has 7 nitrogen and oxygen atoms in total. The Morgan fingerprint density at radius 3 is 2.97 bits per heavy atom. The fraction of sp³-hybridized carbons (Fsp3) is 0.263. The van der Waals surface area contributed by atoms with E-state index >= 15 is 0 Å². The normalized spacial score (nSPS) is 10.6. The summed E-state index contributed by atoms with van der Waals surface area (Å²) in [6, 6.07) is 9.17.